The highest BCUT2D eigenvalue weighted by molar-refractivity contribution is 4.88. The molecule has 0 unspecified atom stereocenters. The zero-order valence-corrected chi connectivity index (χ0v) is 12.6. The Morgan fingerprint density at radius 3 is 1.40 bits per heavy atom. The van der Waals surface area contributed by atoms with Gasteiger partial charge in [-0.15, -0.1) is 0 Å². The van der Waals surface area contributed by atoms with E-state index in [9.17, 15) is 0 Å². The molecule has 0 aliphatic carbocycles. The summed E-state index contributed by atoms with van der Waals surface area (Å²) >= 11 is 0. The third kappa shape index (κ3) is 17.0. The molecule has 20 heavy (non-hydrogen) atoms. The highest BCUT2D eigenvalue weighted by atomic mass is 14.9. The van der Waals surface area contributed by atoms with Gasteiger partial charge in [-0.05, 0) is 77.1 Å². The summed E-state index contributed by atoms with van der Waals surface area (Å²) in [5.41, 5.74) is 10.8. The molecule has 1 heterocycles. The molecule has 116 valence electrons. The van der Waals surface area contributed by atoms with E-state index < -0.39 is 0 Å². The van der Waals surface area contributed by atoms with Crippen LogP contribution in [0.3, 0.4) is 0 Å². The van der Waals surface area contributed by atoms with Crippen LogP contribution < -0.4 is 22.1 Å². The van der Waals surface area contributed by atoms with E-state index in [1.54, 1.807) is 12.4 Å². The number of rotatable bonds is 11. The molecule has 0 bridgehead atoms. The maximum absolute atomic E-state index is 5.38. The van der Waals surface area contributed by atoms with Crippen molar-refractivity contribution in [2.24, 2.45) is 11.5 Å². The van der Waals surface area contributed by atoms with E-state index in [-0.39, 0.29) is 0 Å². The van der Waals surface area contributed by atoms with Crippen molar-refractivity contribution in [1.29, 1.82) is 0 Å². The van der Waals surface area contributed by atoms with Gasteiger partial charge in [-0.3, -0.25) is 4.98 Å². The molecule has 0 aliphatic heterocycles. The number of nitrogens with one attached hydrogen (secondary N) is 2. The lowest BCUT2D eigenvalue weighted by atomic mass is 10.3. The first kappa shape index (κ1) is 19.0. The van der Waals surface area contributed by atoms with Gasteiger partial charge in [-0.25, -0.2) is 0 Å². The minimum absolute atomic E-state index is 0.785. The van der Waals surface area contributed by atoms with Gasteiger partial charge in [-0.2, -0.15) is 0 Å². The van der Waals surface area contributed by atoms with Crippen LogP contribution in [0.5, 0.6) is 0 Å². The average Bonchev–Trinajstić information content (AvgIpc) is 2.52. The fourth-order valence-corrected chi connectivity index (χ4v) is 1.52. The van der Waals surface area contributed by atoms with Gasteiger partial charge >= 0.3 is 0 Å². The molecule has 5 heteroatoms. The average molecular weight is 281 g/mol. The Labute approximate surface area is 123 Å². The predicted octanol–water partition coefficient (Wildman–Crippen LogP) is 0.725. The molecule has 0 aliphatic rings. The number of hydrogen-bond acceptors (Lipinski definition) is 5. The highest BCUT2D eigenvalue weighted by Gasteiger charge is 1.89. The SMILES string of the molecule is NCCCNCCCCNCCCN.c1ccncc1. The second kappa shape index (κ2) is 18.0. The lowest BCUT2D eigenvalue weighted by molar-refractivity contribution is 0.570. The molecule has 6 N–H and O–H groups in total. The molecule has 0 spiro atoms. The first-order valence-corrected chi connectivity index (χ1v) is 7.58. The van der Waals surface area contributed by atoms with E-state index in [1.807, 2.05) is 18.2 Å². The second-order valence-corrected chi connectivity index (χ2v) is 4.52. The first-order chi connectivity index (χ1) is 9.91. The van der Waals surface area contributed by atoms with E-state index >= 15 is 0 Å². The molecule has 0 aromatic carbocycles. The van der Waals surface area contributed by atoms with Gasteiger partial charge in [0.15, 0.2) is 0 Å². The Kier molecular flexibility index (Phi) is 17.1. The van der Waals surface area contributed by atoms with Crippen molar-refractivity contribution in [3.63, 3.8) is 0 Å². The highest BCUT2D eigenvalue weighted by Crippen LogP contribution is 1.85. The summed E-state index contributed by atoms with van der Waals surface area (Å²) in [7, 11) is 0. The molecule has 0 amide bonds. The van der Waals surface area contributed by atoms with Crippen LogP contribution in [0.4, 0.5) is 0 Å². The Morgan fingerprint density at radius 2 is 1.10 bits per heavy atom. The zero-order chi connectivity index (χ0) is 14.7. The molecular weight excluding hydrogens is 250 g/mol. The molecule has 0 saturated carbocycles. The minimum Gasteiger partial charge on any atom is -0.330 e. The number of nitrogens with two attached hydrogens (primary N) is 2. The normalized spacial score (nSPS) is 9.90. The first-order valence-electron chi connectivity index (χ1n) is 7.58. The number of aromatic nitrogens is 1. The lowest BCUT2D eigenvalue weighted by Gasteiger charge is -2.04. The smallest absolute Gasteiger partial charge is 0.0267 e. The molecular formula is C15H31N5. The van der Waals surface area contributed by atoms with Gasteiger partial charge in [0.25, 0.3) is 0 Å². The van der Waals surface area contributed by atoms with Crippen molar-refractivity contribution in [2.45, 2.75) is 25.7 Å². The van der Waals surface area contributed by atoms with E-state index in [0.717, 1.165) is 52.1 Å². The van der Waals surface area contributed by atoms with Gasteiger partial charge in [0.2, 0.25) is 0 Å². The van der Waals surface area contributed by atoms with Crippen molar-refractivity contribution < 1.29 is 0 Å². The van der Waals surface area contributed by atoms with Gasteiger partial charge in [0, 0.05) is 12.4 Å². The van der Waals surface area contributed by atoms with Crippen molar-refractivity contribution in [3.8, 4) is 0 Å². The maximum Gasteiger partial charge on any atom is 0.0267 e. The fraction of sp³-hybridized carbons (Fsp3) is 0.667. The summed E-state index contributed by atoms with van der Waals surface area (Å²) in [6.07, 6.45) is 8.13. The summed E-state index contributed by atoms with van der Waals surface area (Å²) < 4.78 is 0. The predicted molar refractivity (Wildman–Crippen MR) is 86.6 cm³/mol. The van der Waals surface area contributed by atoms with E-state index in [2.05, 4.69) is 15.6 Å². The topological polar surface area (TPSA) is 89.0 Å². The number of nitrogens with zero attached hydrogens (tertiary/aromatic N) is 1. The van der Waals surface area contributed by atoms with Crippen LogP contribution in [0.2, 0.25) is 0 Å². The molecule has 0 radical (unpaired) electrons. The van der Waals surface area contributed by atoms with Crippen LogP contribution in [-0.2, 0) is 0 Å². The summed E-state index contributed by atoms with van der Waals surface area (Å²) in [4.78, 5) is 3.78. The Bertz CT molecular complexity index is 217. The van der Waals surface area contributed by atoms with Crippen molar-refractivity contribution in [1.82, 2.24) is 15.6 Å². The third-order valence-electron chi connectivity index (χ3n) is 2.64. The Balaban J connectivity index is 0.000000493. The van der Waals surface area contributed by atoms with E-state index in [1.165, 1.54) is 12.8 Å². The Hall–Kier alpha value is -1.01. The van der Waals surface area contributed by atoms with Crippen LogP contribution in [0.15, 0.2) is 30.6 Å². The van der Waals surface area contributed by atoms with Crippen molar-refractivity contribution in [3.05, 3.63) is 30.6 Å². The summed E-state index contributed by atoms with van der Waals surface area (Å²) in [5, 5.41) is 6.72. The van der Waals surface area contributed by atoms with Crippen molar-refractivity contribution >= 4 is 0 Å². The van der Waals surface area contributed by atoms with Crippen LogP contribution in [0.25, 0.3) is 0 Å². The quantitative estimate of drug-likeness (QED) is 0.449. The van der Waals surface area contributed by atoms with Gasteiger partial charge in [0.05, 0.1) is 0 Å². The monoisotopic (exact) mass is 281 g/mol. The zero-order valence-electron chi connectivity index (χ0n) is 12.6. The molecule has 1 aromatic rings. The summed E-state index contributed by atoms with van der Waals surface area (Å²) in [5.74, 6) is 0. The number of pyridine rings is 1. The van der Waals surface area contributed by atoms with Gasteiger partial charge < -0.3 is 22.1 Å². The maximum atomic E-state index is 5.38. The second-order valence-electron chi connectivity index (χ2n) is 4.52. The standard InChI is InChI=1S/C10H26N4.C5H5N/c11-5-3-9-13-7-1-2-8-14-10-4-6-12;1-2-4-6-5-3-1/h13-14H,1-12H2;1-5H. The number of hydrogen-bond donors (Lipinski definition) is 4. The fourth-order valence-electron chi connectivity index (χ4n) is 1.52. The molecule has 0 saturated heterocycles. The van der Waals surface area contributed by atoms with Crippen LogP contribution in [0, 0.1) is 0 Å². The third-order valence-corrected chi connectivity index (χ3v) is 2.64. The summed E-state index contributed by atoms with van der Waals surface area (Å²) in [6.45, 7) is 5.90. The van der Waals surface area contributed by atoms with Gasteiger partial charge in [-0.1, -0.05) is 6.07 Å². The van der Waals surface area contributed by atoms with E-state index in [4.69, 9.17) is 11.5 Å². The van der Waals surface area contributed by atoms with Crippen molar-refractivity contribution in [2.75, 3.05) is 39.3 Å². The van der Waals surface area contributed by atoms with Crippen LogP contribution >= 0.6 is 0 Å². The molecule has 0 atom stereocenters. The largest absolute Gasteiger partial charge is 0.330 e. The van der Waals surface area contributed by atoms with Crippen LogP contribution in [0.1, 0.15) is 25.7 Å². The minimum atomic E-state index is 0.785. The van der Waals surface area contributed by atoms with E-state index in [0.29, 0.717) is 0 Å². The molecule has 1 rings (SSSR count). The summed E-state index contributed by atoms with van der Waals surface area (Å²) in [6, 6.07) is 5.72. The molecule has 5 nitrogen and oxygen atoms in total. The van der Waals surface area contributed by atoms with Crippen LogP contribution in [-0.4, -0.2) is 44.3 Å². The molecule has 0 fully saturated rings. The molecule has 1 aromatic heterocycles. The number of unbranched alkanes of at least 4 members (excludes halogenated alkanes) is 1. The van der Waals surface area contributed by atoms with Gasteiger partial charge in [0.1, 0.15) is 0 Å². The Morgan fingerprint density at radius 1 is 0.650 bits per heavy atom. The lowest BCUT2D eigenvalue weighted by Crippen LogP contribution is -2.22.